The lowest BCUT2D eigenvalue weighted by Crippen LogP contribution is -2.05. The summed E-state index contributed by atoms with van der Waals surface area (Å²) in [5.74, 6) is 1.77. The molecule has 0 amide bonds. The highest BCUT2D eigenvalue weighted by atomic mass is 16.5. The van der Waals surface area contributed by atoms with Crippen LogP contribution in [-0.2, 0) is 0 Å². The Kier molecular flexibility index (Phi) is 8.81. The summed E-state index contributed by atoms with van der Waals surface area (Å²) in [5.41, 5.74) is 6.76. The molecule has 1 aromatic rings. The molecule has 2 heteroatoms. The average molecular weight is 275 g/mol. The molecule has 0 saturated heterocycles. The van der Waals surface area contributed by atoms with Crippen LogP contribution in [0.15, 0.2) is 30.3 Å². The molecule has 1 rings (SSSR count). The van der Waals surface area contributed by atoms with Gasteiger partial charge in [0.25, 0.3) is 0 Å². The summed E-state index contributed by atoms with van der Waals surface area (Å²) in [7, 11) is 1.72. The summed E-state index contributed by atoms with van der Waals surface area (Å²) in [5, 5.41) is 0. The van der Waals surface area contributed by atoms with Crippen molar-refractivity contribution in [3.05, 3.63) is 35.9 Å². The second kappa shape index (κ2) is 10.5. The van der Waals surface area contributed by atoms with E-state index in [1.807, 2.05) is 18.2 Å². The molecule has 0 fully saturated rings. The molecule has 0 bridgehead atoms. The zero-order chi connectivity index (χ0) is 14.6. The second-order valence-corrected chi connectivity index (χ2v) is 5.31. The second-order valence-electron chi connectivity index (χ2n) is 5.31. The van der Waals surface area contributed by atoms with Gasteiger partial charge in [0.2, 0.25) is 0 Å². The third-order valence-corrected chi connectivity index (χ3v) is 3.69. The maximum absolute atomic E-state index is 5.61. The van der Waals surface area contributed by atoms with Crippen LogP contribution in [0.2, 0.25) is 0 Å². The average Bonchev–Trinajstić information content (AvgIpc) is 2.49. The van der Waals surface area contributed by atoms with Gasteiger partial charge in [0, 0.05) is 5.56 Å². The first-order valence-corrected chi connectivity index (χ1v) is 7.81. The Morgan fingerprint density at radius 2 is 2.00 bits per heavy atom. The minimum Gasteiger partial charge on any atom is -0.496 e. The predicted octanol–water partition coefficient (Wildman–Crippen LogP) is 4.64. The van der Waals surface area contributed by atoms with E-state index >= 15 is 0 Å². The minimum absolute atomic E-state index is 0.817. The zero-order valence-corrected chi connectivity index (χ0v) is 13.0. The van der Waals surface area contributed by atoms with Crippen LogP contribution in [0.5, 0.6) is 5.75 Å². The molecule has 1 aromatic carbocycles. The molecule has 20 heavy (non-hydrogen) atoms. The molecular weight excluding hydrogens is 246 g/mol. The van der Waals surface area contributed by atoms with Crippen molar-refractivity contribution < 1.29 is 4.74 Å². The highest BCUT2D eigenvalue weighted by Crippen LogP contribution is 2.22. The van der Waals surface area contributed by atoms with E-state index in [-0.39, 0.29) is 0 Å². The van der Waals surface area contributed by atoms with E-state index in [4.69, 9.17) is 10.5 Å². The van der Waals surface area contributed by atoms with Gasteiger partial charge in [-0.25, -0.2) is 0 Å². The van der Waals surface area contributed by atoms with Crippen molar-refractivity contribution in [3.63, 3.8) is 0 Å². The largest absolute Gasteiger partial charge is 0.496 e. The summed E-state index contributed by atoms with van der Waals surface area (Å²) < 4.78 is 5.35. The molecule has 0 aliphatic rings. The fraction of sp³-hybridized carbons (Fsp3) is 0.556. The molecule has 1 unspecified atom stereocenters. The summed E-state index contributed by atoms with van der Waals surface area (Å²) >= 11 is 0. The Hall–Kier alpha value is -1.28. The lowest BCUT2D eigenvalue weighted by atomic mass is 9.93. The first-order chi connectivity index (χ1) is 9.81. The van der Waals surface area contributed by atoms with Crippen molar-refractivity contribution in [2.45, 2.75) is 45.4 Å². The lowest BCUT2D eigenvalue weighted by Gasteiger charge is -2.14. The van der Waals surface area contributed by atoms with Crippen LogP contribution in [0.3, 0.4) is 0 Å². The Morgan fingerprint density at radius 1 is 1.20 bits per heavy atom. The monoisotopic (exact) mass is 275 g/mol. The third-order valence-electron chi connectivity index (χ3n) is 3.69. The van der Waals surface area contributed by atoms with Crippen LogP contribution in [0.4, 0.5) is 0 Å². The topological polar surface area (TPSA) is 35.2 Å². The molecule has 0 aliphatic heterocycles. The van der Waals surface area contributed by atoms with E-state index in [1.165, 1.54) is 25.7 Å². The van der Waals surface area contributed by atoms with Crippen molar-refractivity contribution in [3.8, 4) is 5.75 Å². The normalized spacial score (nSPS) is 12.8. The molecular formula is C18H29NO. The molecule has 0 saturated carbocycles. The Labute approximate surface area is 124 Å². The molecule has 2 nitrogen and oxygen atoms in total. The Bertz CT molecular complexity index is 387. The smallest absolute Gasteiger partial charge is 0.126 e. The fourth-order valence-corrected chi connectivity index (χ4v) is 2.59. The number of benzene rings is 1. The van der Waals surface area contributed by atoms with Crippen LogP contribution in [0, 0.1) is 5.92 Å². The van der Waals surface area contributed by atoms with Crippen LogP contribution in [0.1, 0.15) is 51.0 Å². The first kappa shape index (κ1) is 16.8. The molecule has 0 radical (unpaired) electrons. The highest BCUT2D eigenvalue weighted by molar-refractivity contribution is 5.56. The molecule has 1 atom stereocenters. The van der Waals surface area contributed by atoms with E-state index in [0.29, 0.717) is 0 Å². The van der Waals surface area contributed by atoms with Gasteiger partial charge in [-0.3, -0.25) is 0 Å². The standard InChI is InChI=1S/C18H29NO/c1-3-9-16(11-8-15-19)10-4-5-12-17-13-6-7-14-18(17)20-2/h5-7,12-14,16H,3-4,8-11,15,19H2,1-2H3/b12-5+. The summed E-state index contributed by atoms with van der Waals surface area (Å²) in [6.45, 7) is 3.08. The number of allylic oxidation sites excluding steroid dienone is 1. The van der Waals surface area contributed by atoms with E-state index in [0.717, 1.165) is 36.6 Å². The number of hydrogen-bond donors (Lipinski definition) is 1. The highest BCUT2D eigenvalue weighted by Gasteiger charge is 2.06. The van der Waals surface area contributed by atoms with Gasteiger partial charge >= 0.3 is 0 Å². The molecule has 0 spiro atoms. The maximum atomic E-state index is 5.61. The first-order valence-electron chi connectivity index (χ1n) is 7.81. The van der Waals surface area contributed by atoms with Crippen molar-refractivity contribution in [2.75, 3.05) is 13.7 Å². The molecule has 0 aliphatic carbocycles. The van der Waals surface area contributed by atoms with Crippen molar-refractivity contribution in [1.82, 2.24) is 0 Å². The fourth-order valence-electron chi connectivity index (χ4n) is 2.59. The third kappa shape index (κ3) is 6.25. The van der Waals surface area contributed by atoms with E-state index < -0.39 is 0 Å². The van der Waals surface area contributed by atoms with E-state index in [9.17, 15) is 0 Å². The van der Waals surface area contributed by atoms with Gasteiger partial charge in [-0.1, -0.05) is 50.1 Å². The number of methoxy groups -OCH3 is 1. The predicted molar refractivity (Wildman–Crippen MR) is 87.9 cm³/mol. The van der Waals surface area contributed by atoms with Crippen LogP contribution in [-0.4, -0.2) is 13.7 Å². The summed E-state index contributed by atoms with van der Waals surface area (Å²) in [4.78, 5) is 0. The van der Waals surface area contributed by atoms with E-state index in [1.54, 1.807) is 7.11 Å². The van der Waals surface area contributed by atoms with Gasteiger partial charge in [-0.15, -0.1) is 0 Å². The van der Waals surface area contributed by atoms with Gasteiger partial charge in [-0.05, 0) is 44.2 Å². The number of para-hydroxylation sites is 1. The summed E-state index contributed by atoms with van der Waals surface area (Å²) in [6, 6.07) is 8.14. The number of rotatable bonds is 10. The molecule has 0 aromatic heterocycles. The van der Waals surface area contributed by atoms with Gasteiger partial charge in [0.05, 0.1) is 7.11 Å². The zero-order valence-electron chi connectivity index (χ0n) is 13.0. The number of hydrogen-bond acceptors (Lipinski definition) is 2. The van der Waals surface area contributed by atoms with Crippen molar-refractivity contribution in [2.24, 2.45) is 11.7 Å². The molecule has 112 valence electrons. The SMILES string of the molecule is CCCC(CC/C=C/c1ccccc1OC)CCCN. The van der Waals surface area contributed by atoms with Crippen LogP contribution >= 0.6 is 0 Å². The van der Waals surface area contributed by atoms with Gasteiger partial charge in [-0.2, -0.15) is 0 Å². The van der Waals surface area contributed by atoms with E-state index in [2.05, 4.69) is 25.1 Å². The number of nitrogens with two attached hydrogens (primary N) is 1. The lowest BCUT2D eigenvalue weighted by molar-refractivity contribution is 0.409. The number of ether oxygens (including phenoxy) is 1. The molecule has 0 heterocycles. The Morgan fingerprint density at radius 3 is 2.70 bits per heavy atom. The quantitative estimate of drug-likeness (QED) is 0.675. The van der Waals surface area contributed by atoms with Crippen LogP contribution in [0.25, 0.3) is 6.08 Å². The minimum atomic E-state index is 0.817. The van der Waals surface area contributed by atoms with Gasteiger partial charge < -0.3 is 10.5 Å². The van der Waals surface area contributed by atoms with Gasteiger partial charge in [0.15, 0.2) is 0 Å². The maximum Gasteiger partial charge on any atom is 0.126 e. The Balaban J connectivity index is 2.42. The van der Waals surface area contributed by atoms with Crippen molar-refractivity contribution in [1.29, 1.82) is 0 Å². The summed E-state index contributed by atoms with van der Waals surface area (Å²) in [6.07, 6.45) is 11.8. The van der Waals surface area contributed by atoms with Crippen LogP contribution < -0.4 is 10.5 Å². The van der Waals surface area contributed by atoms with Gasteiger partial charge in [0.1, 0.15) is 5.75 Å². The molecule has 2 N–H and O–H groups in total. The van der Waals surface area contributed by atoms with Crippen molar-refractivity contribution >= 4 is 6.08 Å².